The van der Waals surface area contributed by atoms with Crippen molar-refractivity contribution in [3.8, 4) is 11.5 Å². The number of para-hydroxylation sites is 1. The molecule has 2 aliphatic heterocycles. The number of aliphatic hydroxyl groups is 1. The standard InChI is InChI=1S/C30H41N3O6/c1-2-3-13-32(14-12-31)28(35)19-33-18-24(21-8-9-27-22(17-21)10-15-38-27)29(30(36)37)25(33)11-16-39-26-7-5-4-6-23(26)20-34/h4-9,17,24-25,29,34H,2-3,10-16,18-20,31H2,1H3,(H,36,37)/t24-,25+,29-/m1/s1. The number of carboxylic acid groups (broad SMARTS) is 1. The Morgan fingerprint density at radius 3 is 2.77 bits per heavy atom. The van der Waals surface area contributed by atoms with Gasteiger partial charge >= 0.3 is 5.97 Å². The number of carbonyl (C=O) groups excluding carboxylic acids is 1. The maximum atomic E-state index is 13.4. The number of rotatable bonds is 14. The quantitative estimate of drug-likeness (QED) is 0.335. The van der Waals surface area contributed by atoms with Crippen molar-refractivity contribution < 1.29 is 29.3 Å². The molecule has 9 nitrogen and oxygen atoms in total. The topological polar surface area (TPSA) is 126 Å². The molecule has 0 aliphatic carbocycles. The molecule has 212 valence electrons. The Bertz CT molecular complexity index is 1130. The number of carbonyl (C=O) groups is 2. The number of amides is 1. The molecule has 0 unspecified atom stereocenters. The number of nitrogens with two attached hydrogens (primary N) is 1. The summed E-state index contributed by atoms with van der Waals surface area (Å²) in [6.45, 7) is 4.95. The normalized spacial score (nSPS) is 20.4. The number of likely N-dealkylation sites (tertiary alicyclic amines) is 1. The van der Waals surface area contributed by atoms with Gasteiger partial charge in [-0.3, -0.25) is 14.5 Å². The van der Waals surface area contributed by atoms with Gasteiger partial charge in [0.1, 0.15) is 11.5 Å². The van der Waals surface area contributed by atoms with Crippen molar-refractivity contribution in [1.82, 2.24) is 9.80 Å². The monoisotopic (exact) mass is 539 g/mol. The summed E-state index contributed by atoms with van der Waals surface area (Å²) in [6.07, 6.45) is 3.10. The van der Waals surface area contributed by atoms with E-state index in [9.17, 15) is 19.8 Å². The molecule has 2 aliphatic rings. The molecule has 0 spiro atoms. The van der Waals surface area contributed by atoms with Gasteiger partial charge in [-0.2, -0.15) is 0 Å². The fraction of sp³-hybridized carbons (Fsp3) is 0.533. The fourth-order valence-electron chi connectivity index (χ4n) is 5.83. The van der Waals surface area contributed by atoms with Gasteiger partial charge in [0.05, 0.1) is 32.3 Å². The van der Waals surface area contributed by atoms with E-state index in [-0.39, 0.29) is 31.6 Å². The molecule has 2 aromatic rings. The molecular weight excluding hydrogens is 498 g/mol. The lowest BCUT2D eigenvalue weighted by molar-refractivity contribution is -0.144. The van der Waals surface area contributed by atoms with Crippen molar-refractivity contribution in [3.63, 3.8) is 0 Å². The number of aliphatic carboxylic acids is 1. The first kappa shape index (κ1) is 28.9. The van der Waals surface area contributed by atoms with Crippen molar-refractivity contribution in [2.45, 2.75) is 51.2 Å². The van der Waals surface area contributed by atoms with Gasteiger partial charge in [-0.05, 0) is 36.1 Å². The van der Waals surface area contributed by atoms with Crippen LogP contribution in [0.15, 0.2) is 42.5 Å². The first-order chi connectivity index (χ1) is 19.0. The highest BCUT2D eigenvalue weighted by atomic mass is 16.5. The molecule has 1 fully saturated rings. The van der Waals surface area contributed by atoms with Gasteiger partial charge in [-0.15, -0.1) is 0 Å². The lowest BCUT2D eigenvalue weighted by Gasteiger charge is -2.29. The van der Waals surface area contributed by atoms with Crippen LogP contribution in [0.3, 0.4) is 0 Å². The predicted molar refractivity (Wildman–Crippen MR) is 148 cm³/mol. The number of carboxylic acids is 1. The minimum absolute atomic E-state index is 0.0300. The largest absolute Gasteiger partial charge is 0.493 e. The lowest BCUT2D eigenvalue weighted by atomic mass is 9.83. The van der Waals surface area contributed by atoms with Crippen LogP contribution in [0.5, 0.6) is 11.5 Å². The molecule has 2 aromatic carbocycles. The predicted octanol–water partition coefficient (Wildman–Crippen LogP) is 2.64. The van der Waals surface area contributed by atoms with Crippen molar-refractivity contribution in [2.24, 2.45) is 11.7 Å². The third-order valence-electron chi connectivity index (χ3n) is 7.86. The molecule has 4 N–H and O–H groups in total. The van der Waals surface area contributed by atoms with Crippen LogP contribution in [0, 0.1) is 5.92 Å². The highest BCUT2D eigenvalue weighted by Crippen LogP contribution is 2.41. The second-order valence-electron chi connectivity index (χ2n) is 10.4. The molecule has 9 heteroatoms. The second kappa shape index (κ2) is 13.8. The van der Waals surface area contributed by atoms with Gasteiger partial charge in [0.2, 0.25) is 5.91 Å². The Labute approximate surface area is 230 Å². The van der Waals surface area contributed by atoms with E-state index < -0.39 is 17.9 Å². The van der Waals surface area contributed by atoms with Crippen molar-refractivity contribution >= 4 is 11.9 Å². The van der Waals surface area contributed by atoms with Gasteiger partial charge in [0.15, 0.2) is 0 Å². The summed E-state index contributed by atoms with van der Waals surface area (Å²) in [5.41, 5.74) is 8.53. The van der Waals surface area contributed by atoms with E-state index in [4.69, 9.17) is 15.2 Å². The number of ether oxygens (including phenoxy) is 2. The van der Waals surface area contributed by atoms with Crippen molar-refractivity contribution in [1.29, 1.82) is 0 Å². The SMILES string of the molecule is CCCCN(CCN)C(=O)CN1C[C@H](c2ccc3c(c2)CCO3)[C@@H](C(=O)O)[C@@H]1CCOc1ccccc1CO. The van der Waals surface area contributed by atoms with Crippen LogP contribution in [0.25, 0.3) is 0 Å². The second-order valence-corrected chi connectivity index (χ2v) is 10.4. The maximum absolute atomic E-state index is 13.4. The minimum Gasteiger partial charge on any atom is -0.493 e. The summed E-state index contributed by atoms with van der Waals surface area (Å²) in [6, 6.07) is 12.8. The molecule has 0 bridgehead atoms. The molecule has 0 radical (unpaired) electrons. The average molecular weight is 540 g/mol. The zero-order valence-electron chi connectivity index (χ0n) is 22.8. The minimum atomic E-state index is -0.878. The van der Waals surface area contributed by atoms with E-state index in [2.05, 4.69) is 13.0 Å². The summed E-state index contributed by atoms with van der Waals surface area (Å²) in [7, 11) is 0. The van der Waals surface area contributed by atoms with E-state index in [1.807, 2.05) is 29.2 Å². The van der Waals surface area contributed by atoms with Gasteiger partial charge in [-0.1, -0.05) is 43.7 Å². The number of unbranched alkanes of at least 4 members (excludes halogenated alkanes) is 1. The molecule has 0 aromatic heterocycles. The highest BCUT2D eigenvalue weighted by Gasteiger charge is 2.47. The molecule has 4 rings (SSSR count). The summed E-state index contributed by atoms with van der Waals surface area (Å²) < 4.78 is 11.7. The van der Waals surface area contributed by atoms with E-state index in [1.165, 1.54) is 0 Å². The lowest BCUT2D eigenvalue weighted by Crippen LogP contribution is -2.46. The van der Waals surface area contributed by atoms with E-state index >= 15 is 0 Å². The number of benzene rings is 2. The molecule has 39 heavy (non-hydrogen) atoms. The van der Waals surface area contributed by atoms with Crippen LogP contribution in [0.1, 0.15) is 48.8 Å². The molecule has 0 saturated carbocycles. The number of aliphatic hydroxyl groups excluding tert-OH is 1. The summed E-state index contributed by atoms with van der Waals surface area (Å²) in [4.78, 5) is 29.9. The molecule has 1 saturated heterocycles. The highest BCUT2D eigenvalue weighted by molar-refractivity contribution is 5.79. The Morgan fingerprint density at radius 1 is 1.21 bits per heavy atom. The number of nitrogens with zero attached hydrogens (tertiary/aromatic N) is 2. The maximum Gasteiger partial charge on any atom is 0.308 e. The van der Waals surface area contributed by atoms with E-state index in [0.717, 1.165) is 36.1 Å². The zero-order chi connectivity index (χ0) is 27.8. The van der Waals surface area contributed by atoms with Crippen LogP contribution < -0.4 is 15.2 Å². The summed E-state index contributed by atoms with van der Waals surface area (Å²) in [5, 5.41) is 20.1. The van der Waals surface area contributed by atoms with Crippen molar-refractivity contribution in [2.75, 3.05) is 45.9 Å². The Morgan fingerprint density at radius 2 is 2.03 bits per heavy atom. The molecule has 1 amide bonds. The number of hydrogen-bond donors (Lipinski definition) is 3. The molecule has 3 atom stereocenters. The average Bonchev–Trinajstić information content (AvgIpc) is 3.55. The number of hydrogen-bond acceptors (Lipinski definition) is 7. The molecular formula is C30H41N3O6. The van der Waals surface area contributed by atoms with Crippen LogP contribution in [0.2, 0.25) is 0 Å². The van der Waals surface area contributed by atoms with Gasteiger partial charge in [0, 0.05) is 50.1 Å². The first-order valence-electron chi connectivity index (χ1n) is 14.0. The first-order valence-corrected chi connectivity index (χ1v) is 14.0. The third kappa shape index (κ3) is 6.90. The van der Waals surface area contributed by atoms with Crippen molar-refractivity contribution in [3.05, 3.63) is 59.2 Å². The van der Waals surface area contributed by atoms with Gasteiger partial charge in [0.25, 0.3) is 0 Å². The summed E-state index contributed by atoms with van der Waals surface area (Å²) >= 11 is 0. The summed E-state index contributed by atoms with van der Waals surface area (Å²) in [5.74, 6) is -0.439. The van der Waals surface area contributed by atoms with Gasteiger partial charge in [-0.25, -0.2) is 0 Å². The Kier molecular flexibility index (Phi) is 10.2. The zero-order valence-corrected chi connectivity index (χ0v) is 22.8. The Balaban J connectivity index is 1.57. The van der Waals surface area contributed by atoms with Crippen LogP contribution in [-0.2, 0) is 22.6 Å². The van der Waals surface area contributed by atoms with Crippen LogP contribution in [-0.4, -0.2) is 83.9 Å². The smallest absolute Gasteiger partial charge is 0.308 e. The number of fused-ring (bicyclic) bond motifs is 1. The third-order valence-corrected chi connectivity index (χ3v) is 7.86. The molecule has 2 heterocycles. The van der Waals surface area contributed by atoms with Crippen LogP contribution >= 0.6 is 0 Å². The van der Waals surface area contributed by atoms with E-state index in [1.54, 1.807) is 17.0 Å². The van der Waals surface area contributed by atoms with Crippen LogP contribution in [0.4, 0.5) is 0 Å². The van der Waals surface area contributed by atoms with Gasteiger partial charge < -0.3 is 30.3 Å². The Hall–Kier alpha value is -3.14. The fourth-order valence-corrected chi connectivity index (χ4v) is 5.83. The van der Waals surface area contributed by atoms with E-state index in [0.29, 0.717) is 50.5 Å².